The van der Waals surface area contributed by atoms with Crippen molar-refractivity contribution in [3.8, 4) is 22.4 Å². The molecule has 1 aliphatic carbocycles. The molecule has 0 fully saturated rings. The number of benzene rings is 1. The summed E-state index contributed by atoms with van der Waals surface area (Å²) in [7, 11) is 1.74. The van der Waals surface area contributed by atoms with E-state index in [1.165, 1.54) is 12.3 Å². The molecule has 0 aliphatic heterocycles. The number of fused-ring (bicyclic) bond motifs is 3. The highest BCUT2D eigenvalue weighted by molar-refractivity contribution is 5.85. The zero-order chi connectivity index (χ0) is 27.9. The Bertz CT molecular complexity index is 1410. The molecule has 0 saturated heterocycles. The van der Waals surface area contributed by atoms with Crippen molar-refractivity contribution in [3.63, 3.8) is 0 Å². The zero-order valence-electron chi connectivity index (χ0n) is 26.0. The van der Waals surface area contributed by atoms with Gasteiger partial charge in [-0.15, -0.1) is 0 Å². The van der Waals surface area contributed by atoms with E-state index in [1.54, 1.807) is 31.5 Å². The quantitative estimate of drug-likeness (QED) is 0.427. The Labute approximate surface area is 177 Å². The van der Waals surface area contributed by atoms with Crippen molar-refractivity contribution in [2.45, 2.75) is 53.6 Å². The number of rotatable bonds is 2. The molecule has 0 N–H and O–H groups in total. The van der Waals surface area contributed by atoms with E-state index in [0.717, 1.165) is 16.7 Å². The van der Waals surface area contributed by atoms with Crippen molar-refractivity contribution in [1.82, 2.24) is 4.98 Å². The van der Waals surface area contributed by atoms with E-state index in [2.05, 4.69) is 4.98 Å². The first-order valence-corrected chi connectivity index (χ1v) is 8.94. The predicted molar refractivity (Wildman–Crippen MR) is 112 cm³/mol. The molecule has 2 heteroatoms. The van der Waals surface area contributed by atoms with E-state index in [0.29, 0.717) is 28.1 Å². The predicted octanol–water partition coefficient (Wildman–Crippen LogP) is 5.50. The molecule has 0 bridgehead atoms. The fourth-order valence-electron chi connectivity index (χ4n) is 4.04. The van der Waals surface area contributed by atoms with Gasteiger partial charge in [-0.3, -0.25) is 4.98 Å². The molecule has 0 unspecified atom stereocenters. The summed E-state index contributed by atoms with van der Waals surface area (Å²) in [5.41, 5.74) is 4.78. The molecule has 2 heterocycles. The standard InChI is InChI=1S/C25H29N2/c1-14(2)20-12-23(27(7)13-17(20)5)25-15(3)8-9-19-21(25)11-22-24(19)16(4)10-18(6)26-22/h8-10,12-14H,11H2,1-7H3/q+1/i4D3,5D3,6D3,14D. The van der Waals surface area contributed by atoms with Gasteiger partial charge >= 0.3 is 0 Å². The molecule has 1 aliphatic rings. The van der Waals surface area contributed by atoms with E-state index >= 15 is 0 Å². The highest BCUT2D eigenvalue weighted by atomic mass is 14.9. The van der Waals surface area contributed by atoms with Crippen molar-refractivity contribution in [1.29, 1.82) is 0 Å². The maximum absolute atomic E-state index is 8.63. The van der Waals surface area contributed by atoms with Gasteiger partial charge in [-0.1, -0.05) is 26.0 Å². The van der Waals surface area contributed by atoms with Crippen LogP contribution in [0.4, 0.5) is 0 Å². The Morgan fingerprint density at radius 2 is 1.89 bits per heavy atom. The van der Waals surface area contributed by atoms with Crippen molar-refractivity contribution in [2.24, 2.45) is 7.05 Å². The van der Waals surface area contributed by atoms with E-state index < -0.39 is 26.4 Å². The third kappa shape index (κ3) is 2.79. The van der Waals surface area contributed by atoms with Crippen LogP contribution in [-0.4, -0.2) is 4.98 Å². The molecule has 2 aromatic heterocycles. The van der Waals surface area contributed by atoms with Crippen LogP contribution in [0.3, 0.4) is 0 Å². The van der Waals surface area contributed by atoms with E-state index in [4.69, 9.17) is 13.7 Å². The minimum Gasteiger partial charge on any atom is -0.257 e. The monoisotopic (exact) mass is 367 g/mol. The summed E-state index contributed by atoms with van der Waals surface area (Å²) in [6.07, 6.45) is 1.77. The van der Waals surface area contributed by atoms with Gasteiger partial charge in [0.25, 0.3) is 0 Å². The van der Waals surface area contributed by atoms with Crippen molar-refractivity contribution >= 4 is 0 Å². The minimum absolute atomic E-state index is 0.0488. The van der Waals surface area contributed by atoms with Crippen LogP contribution in [-0.2, 0) is 13.5 Å². The van der Waals surface area contributed by atoms with Gasteiger partial charge in [-0.25, -0.2) is 4.57 Å². The van der Waals surface area contributed by atoms with Crippen LogP contribution in [0.5, 0.6) is 0 Å². The first kappa shape index (κ1) is 9.64. The Kier molecular flexibility index (Phi) is 2.25. The third-order valence-electron chi connectivity index (χ3n) is 5.30. The van der Waals surface area contributed by atoms with Crippen molar-refractivity contribution in [3.05, 3.63) is 69.7 Å². The first-order valence-electron chi connectivity index (χ1n) is 13.9. The van der Waals surface area contributed by atoms with Crippen LogP contribution < -0.4 is 4.57 Å². The van der Waals surface area contributed by atoms with Crippen LogP contribution in [0, 0.1) is 27.5 Å². The van der Waals surface area contributed by atoms with E-state index in [1.807, 2.05) is 19.1 Å². The SMILES string of the molecule is [2H]C([2H])([2H])c1cc(C([2H])([2H])[2H])c2c(n1)Cc1c-2ccc(C)c1-c1cc(C([2H])(C)C)c(C([2H])([2H])[2H])c[n+]1C. The number of nitrogens with zero attached hydrogens (tertiary/aromatic N) is 2. The minimum atomic E-state index is -2.56. The summed E-state index contributed by atoms with van der Waals surface area (Å²) in [4.78, 5) is 4.38. The normalized spacial score (nSPS) is 19.7. The van der Waals surface area contributed by atoms with E-state index in [-0.39, 0.29) is 23.2 Å². The molecule has 0 amide bonds. The second kappa shape index (κ2) is 6.30. The molecule has 1 aromatic carbocycles. The molecule has 0 radical (unpaired) electrons. The molecule has 0 saturated carbocycles. The molecule has 0 atom stereocenters. The van der Waals surface area contributed by atoms with Crippen LogP contribution in [0.15, 0.2) is 30.5 Å². The van der Waals surface area contributed by atoms with Gasteiger partial charge in [0.2, 0.25) is 5.69 Å². The van der Waals surface area contributed by atoms with Crippen molar-refractivity contribution in [2.75, 3.05) is 0 Å². The lowest BCUT2D eigenvalue weighted by molar-refractivity contribution is -0.660. The fraction of sp³-hybridized carbons (Fsp3) is 0.360. The molecule has 3 aromatic rings. The van der Waals surface area contributed by atoms with Crippen LogP contribution in [0.25, 0.3) is 22.4 Å². The fourth-order valence-corrected chi connectivity index (χ4v) is 4.04. The van der Waals surface area contributed by atoms with Gasteiger partial charge in [0.1, 0.15) is 7.05 Å². The molecule has 138 valence electrons. The molecular formula is C25H29N2+. The number of aromatic nitrogens is 2. The zero-order valence-corrected chi connectivity index (χ0v) is 16.0. The summed E-state index contributed by atoms with van der Waals surface area (Å²) in [6, 6.07) is 6.59. The van der Waals surface area contributed by atoms with Gasteiger partial charge in [0.15, 0.2) is 6.20 Å². The smallest absolute Gasteiger partial charge is 0.213 e. The van der Waals surface area contributed by atoms with Crippen LogP contribution in [0.2, 0.25) is 0 Å². The molecule has 0 spiro atoms. The Hall–Kier alpha value is -2.48. The number of hydrogen-bond donors (Lipinski definition) is 0. The lowest BCUT2D eigenvalue weighted by Crippen LogP contribution is -2.32. The third-order valence-corrected chi connectivity index (χ3v) is 5.30. The average molecular weight is 368 g/mol. The lowest BCUT2D eigenvalue weighted by atomic mass is 9.91. The van der Waals surface area contributed by atoms with Crippen LogP contribution >= 0.6 is 0 Å². The van der Waals surface area contributed by atoms with Crippen molar-refractivity contribution < 1.29 is 18.3 Å². The maximum atomic E-state index is 8.63. The topological polar surface area (TPSA) is 16.8 Å². The second-order valence-electron chi connectivity index (χ2n) is 7.43. The molecule has 27 heavy (non-hydrogen) atoms. The average Bonchev–Trinajstić information content (AvgIpc) is 3.08. The van der Waals surface area contributed by atoms with Gasteiger partial charge < -0.3 is 0 Å². The number of hydrogen-bond acceptors (Lipinski definition) is 1. The second-order valence-corrected chi connectivity index (χ2v) is 7.43. The summed E-state index contributed by atoms with van der Waals surface area (Å²) >= 11 is 0. The van der Waals surface area contributed by atoms with Gasteiger partial charge in [0, 0.05) is 43.0 Å². The maximum Gasteiger partial charge on any atom is 0.213 e. The summed E-state index contributed by atoms with van der Waals surface area (Å²) < 4.78 is 82.1. The Balaban J connectivity index is 2.04. The first-order chi connectivity index (χ1) is 16.7. The van der Waals surface area contributed by atoms with Gasteiger partial charge in [0.05, 0.1) is 11.3 Å². The summed E-state index contributed by atoms with van der Waals surface area (Å²) in [6.45, 7) is -2.32. The Morgan fingerprint density at radius 3 is 2.59 bits per heavy atom. The largest absolute Gasteiger partial charge is 0.257 e. The van der Waals surface area contributed by atoms with Crippen LogP contribution in [0.1, 0.15) is 72.7 Å². The highest BCUT2D eigenvalue weighted by Gasteiger charge is 2.29. The highest BCUT2D eigenvalue weighted by Crippen LogP contribution is 2.43. The number of aryl methyl sites for hydroxylation is 5. The number of pyridine rings is 2. The Morgan fingerprint density at radius 1 is 1.07 bits per heavy atom. The molecule has 2 nitrogen and oxygen atoms in total. The van der Waals surface area contributed by atoms with Gasteiger partial charge in [-0.2, -0.15) is 0 Å². The lowest BCUT2D eigenvalue weighted by Gasteiger charge is -2.15. The van der Waals surface area contributed by atoms with E-state index in [9.17, 15) is 0 Å². The summed E-state index contributed by atoms with van der Waals surface area (Å²) in [5, 5.41) is 0. The van der Waals surface area contributed by atoms with Gasteiger partial charge in [-0.05, 0) is 67.3 Å². The molecule has 4 rings (SSSR count). The molecular weight excluding hydrogens is 328 g/mol. The summed E-state index contributed by atoms with van der Waals surface area (Å²) in [5.74, 6) is -1.19.